The number of hydrogen-bond donors (Lipinski definition) is 3. The molecular weight excluding hydrogens is 374 g/mol. The summed E-state index contributed by atoms with van der Waals surface area (Å²) in [7, 11) is 4.17. The molecule has 1 unspecified atom stereocenters. The minimum Gasteiger partial charge on any atom is -0.381 e. The monoisotopic (exact) mass is 411 g/mol. The highest BCUT2D eigenvalue weighted by Crippen LogP contribution is 2.20. The van der Waals surface area contributed by atoms with Crippen molar-refractivity contribution in [2.45, 2.75) is 25.8 Å². The van der Waals surface area contributed by atoms with Crippen LogP contribution in [0.2, 0.25) is 0 Å². The number of aromatic nitrogens is 2. The predicted molar refractivity (Wildman–Crippen MR) is 129 cm³/mol. The number of hydrogen-bond acceptors (Lipinski definition) is 5. The lowest BCUT2D eigenvalue weighted by Crippen LogP contribution is -2.45. The van der Waals surface area contributed by atoms with Crippen molar-refractivity contribution in [3.8, 4) is 0 Å². The van der Waals surface area contributed by atoms with E-state index in [4.69, 9.17) is 4.99 Å². The fourth-order valence-electron chi connectivity index (χ4n) is 3.50. The third-order valence-corrected chi connectivity index (χ3v) is 4.96. The number of amidine groups is 1. The molecule has 2 aromatic rings. The number of likely N-dealkylation sites (N-methyl/N-ethyl adjacent to an activating group) is 1. The summed E-state index contributed by atoms with van der Waals surface area (Å²) in [6.45, 7) is 12.7. The number of rotatable bonds is 8. The van der Waals surface area contributed by atoms with Gasteiger partial charge in [-0.2, -0.15) is 5.10 Å². The molecule has 3 rings (SSSR count). The highest BCUT2D eigenvalue weighted by molar-refractivity contribution is 5.93. The van der Waals surface area contributed by atoms with Gasteiger partial charge >= 0.3 is 0 Å². The maximum atomic E-state index is 4.80. The zero-order valence-corrected chi connectivity index (χ0v) is 18.7. The lowest BCUT2D eigenvalue weighted by atomic mass is 10.0. The lowest BCUT2D eigenvalue weighted by Gasteiger charge is -2.35. The van der Waals surface area contributed by atoms with Crippen molar-refractivity contribution in [3.63, 3.8) is 0 Å². The van der Waals surface area contributed by atoms with Gasteiger partial charge in [0, 0.05) is 43.3 Å². The quantitative estimate of drug-likeness (QED) is 0.269. The number of allylic oxidation sites excluding steroid dienone is 1. The average Bonchev–Trinajstić information content (AvgIpc) is 3.22. The molecule has 2 heterocycles. The Morgan fingerprint density at radius 2 is 2.23 bits per heavy atom. The molecule has 7 heteroatoms. The van der Waals surface area contributed by atoms with E-state index in [1.54, 1.807) is 0 Å². The Bertz CT molecular complexity index is 809. The molecule has 7 nitrogen and oxygen atoms in total. The first-order chi connectivity index (χ1) is 14.7. The van der Waals surface area contributed by atoms with E-state index >= 15 is 0 Å². The van der Waals surface area contributed by atoms with Gasteiger partial charge in [0.2, 0.25) is 0 Å². The maximum Gasteiger partial charge on any atom is 0.124 e. The van der Waals surface area contributed by atoms with Crippen LogP contribution in [0.4, 0.5) is 5.69 Å². The van der Waals surface area contributed by atoms with E-state index in [0.717, 1.165) is 55.0 Å². The molecule has 0 aliphatic carbocycles. The van der Waals surface area contributed by atoms with Crippen molar-refractivity contribution < 1.29 is 0 Å². The van der Waals surface area contributed by atoms with Crippen molar-refractivity contribution in [3.05, 3.63) is 49.7 Å². The molecule has 1 atom stereocenters. The van der Waals surface area contributed by atoms with Crippen LogP contribution in [0.1, 0.15) is 19.8 Å². The normalized spacial score (nSPS) is 17.4. The molecule has 164 valence electrons. The first-order valence-electron chi connectivity index (χ1n) is 10.6. The fourth-order valence-corrected chi connectivity index (χ4v) is 3.50. The Labute approximate surface area is 180 Å². The topological polar surface area (TPSA) is 71.6 Å². The number of likely N-dealkylation sites (tertiary alicyclic amines) is 1. The van der Waals surface area contributed by atoms with Crippen LogP contribution in [-0.2, 0) is 0 Å². The highest BCUT2D eigenvalue weighted by atomic mass is 15.2. The van der Waals surface area contributed by atoms with E-state index < -0.39 is 0 Å². The Morgan fingerprint density at radius 1 is 1.40 bits per heavy atom. The number of aromatic amines is 1. The van der Waals surface area contributed by atoms with Crippen LogP contribution in [0.3, 0.4) is 0 Å². The van der Waals surface area contributed by atoms with E-state index in [0.29, 0.717) is 12.7 Å². The Hall–Kier alpha value is -2.64. The summed E-state index contributed by atoms with van der Waals surface area (Å²) in [5.74, 6) is 1.07. The minimum absolute atomic E-state index is 0.412. The number of nitrogens with zero attached hydrogens (tertiary/aromatic N) is 4. The predicted octanol–water partition coefficient (Wildman–Crippen LogP) is 3.32. The summed E-state index contributed by atoms with van der Waals surface area (Å²) in [6.07, 6.45) is 8.39. The number of nitrogens with one attached hydrogen (secondary N) is 3. The Morgan fingerprint density at radius 3 is 3.00 bits per heavy atom. The summed E-state index contributed by atoms with van der Waals surface area (Å²) in [6, 6.07) is 6.77. The molecule has 0 radical (unpaired) electrons. The van der Waals surface area contributed by atoms with Gasteiger partial charge < -0.3 is 15.1 Å². The Kier molecular flexibility index (Phi) is 10.1. The van der Waals surface area contributed by atoms with Crippen molar-refractivity contribution in [2.75, 3.05) is 52.3 Å². The number of piperidine rings is 1. The number of anilines is 1. The molecule has 1 aliphatic rings. The number of H-pyrrole nitrogens is 1. The molecule has 1 aliphatic heterocycles. The second kappa shape index (κ2) is 12.8. The SMILES string of the molecule is C/C=C\C(=N/CNCCN(C)C)N1CCCC(Nc2ccc3[nH]ncc3c2)C1.C=C. The van der Waals surface area contributed by atoms with Crippen LogP contribution >= 0.6 is 0 Å². The molecule has 1 saturated heterocycles. The van der Waals surface area contributed by atoms with Crippen LogP contribution in [0.25, 0.3) is 10.9 Å². The zero-order valence-electron chi connectivity index (χ0n) is 18.7. The number of aliphatic imine (C=N–C) groups is 1. The highest BCUT2D eigenvalue weighted by Gasteiger charge is 2.21. The van der Waals surface area contributed by atoms with Gasteiger partial charge in [-0.3, -0.25) is 15.4 Å². The second-order valence-corrected chi connectivity index (χ2v) is 7.58. The van der Waals surface area contributed by atoms with E-state index in [9.17, 15) is 0 Å². The molecule has 3 N–H and O–H groups in total. The average molecular weight is 412 g/mol. The molecular formula is C23H37N7. The van der Waals surface area contributed by atoms with Gasteiger partial charge in [-0.05, 0) is 58.1 Å². The second-order valence-electron chi connectivity index (χ2n) is 7.58. The van der Waals surface area contributed by atoms with Gasteiger partial charge in [0.05, 0.1) is 18.4 Å². The first-order valence-corrected chi connectivity index (χ1v) is 10.6. The van der Waals surface area contributed by atoms with Gasteiger partial charge in [0.25, 0.3) is 0 Å². The van der Waals surface area contributed by atoms with Gasteiger partial charge in [0.1, 0.15) is 5.84 Å². The molecule has 0 bridgehead atoms. The lowest BCUT2D eigenvalue weighted by molar-refractivity contribution is 0.321. The Balaban J connectivity index is 0.00000155. The van der Waals surface area contributed by atoms with Gasteiger partial charge in [-0.15, -0.1) is 13.2 Å². The molecule has 30 heavy (non-hydrogen) atoms. The summed E-state index contributed by atoms with van der Waals surface area (Å²) in [5.41, 5.74) is 2.22. The standard InChI is InChI=1S/C21H33N7.C2H4/c1-4-6-21(23-16-22-10-12-27(2)3)28-11-5-7-19(15-28)25-18-8-9-20-17(13-18)14-24-26-20;1-2/h4,6,8-9,13-14,19,22,25H,5,7,10-12,15-16H2,1-3H3,(H,24,26);1-2H2/b6-4-,23-21+;. The first kappa shape index (κ1) is 23.6. The van der Waals surface area contributed by atoms with E-state index in [-0.39, 0.29) is 0 Å². The molecule has 1 aromatic heterocycles. The van der Waals surface area contributed by atoms with Crippen molar-refractivity contribution in [2.24, 2.45) is 4.99 Å². The van der Waals surface area contributed by atoms with Crippen LogP contribution in [0, 0.1) is 0 Å². The third-order valence-electron chi connectivity index (χ3n) is 4.96. The fraction of sp³-hybridized carbons (Fsp3) is 0.478. The van der Waals surface area contributed by atoms with Crippen molar-refractivity contribution in [1.29, 1.82) is 0 Å². The van der Waals surface area contributed by atoms with Gasteiger partial charge in [-0.25, -0.2) is 0 Å². The minimum atomic E-state index is 0.412. The molecule has 0 saturated carbocycles. The van der Waals surface area contributed by atoms with Crippen LogP contribution in [0.5, 0.6) is 0 Å². The van der Waals surface area contributed by atoms with E-state index in [1.807, 2.05) is 6.20 Å². The molecule has 1 aromatic carbocycles. The van der Waals surface area contributed by atoms with E-state index in [2.05, 4.69) is 95.2 Å². The molecule has 0 spiro atoms. The van der Waals surface area contributed by atoms with Crippen LogP contribution in [0.15, 0.2) is 54.7 Å². The number of benzene rings is 1. The van der Waals surface area contributed by atoms with Crippen LogP contribution in [-0.4, -0.2) is 78.8 Å². The molecule has 0 amide bonds. The summed E-state index contributed by atoms with van der Waals surface area (Å²) >= 11 is 0. The largest absolute Gasteiger partial charge is 0.381 e. The van der Waals surface area contributed by atoms with Crippen molar-refractivity contribution >= 4 is 22.4 Å². The van der Waals surface area contributed by atoms with Gasteiger partial charge in [-0.1, -0.05) is 6.08 Å². The van der Waals surface area contributed by atoms with Gasteiger partial charge in [0.15, 0.2) is 0 Å². The summed E-state index contributed by atoms with van der Waals surface area (Å²) < 4.78 is 0. The molecule has 1 fully saturated rings. The summed E-state index contributed by atoms with van der Waals surface area (Å²) in [5, 5.41) is 15.3. The third kappa shape index (κ3) is 7.31. The summed E-state index contributed by atoms with van der Waals surface area (Å²) in [4.78, 5) is 9.36. The van der Waals surface area contributed by atoms with Crippen LogP contribution < -0.4 is 10.6 Å². The number of fused-ring (bicyclic) bond motifs is 1. The zero-order chi connectivity index (χ0) is 21.8. The smallest absolute Gasteiger partial charge is 0.124 e. The van der Waals surface area contributed by atoms with Crippen molar-refractivity contribution in [1.82, 2.24) is 25.3 Å². The van der Waals surface area contributed by atoms with E-state index in [1.165, 1.54) is 6.42 Å². The maximum absolute atomic E-state index is 4.80.